The minimum atomic E-state index is -3.25. The molecule has 8 heteroatoms. The number of amides is 2. The molecule has 0 radical (unpaired) electrons. The van der Waals surface area contributed by atoms with Crippen LogP contribution in [0.25, 0.3) is 0 Å². The fourth-order valence-corrected chi connectivity index (χ4v) is 3.69. The maximum atomic E-state index is 12.4. The molecule has 1 aliphatic rings. The third-order valence-electron chi connectivity index (χ3n) is 4.38. The van der Waals surface area contributed by atoms with Gasteiger partial charge in [0.2, 0.25) is 5.91 Å². The van der Waals surface area contributed by atoms with Crippen LogP contribution in [0.4, 0.5) is 10.5 Å². The largest absolute Gasteiger partial charge is 0.444 e. The lowest BCUT2D eigenvalue weighted by molar-refractivity contribution is -0.121. The van der Waals surface area contributed by atoms with Crippen molar-refractivity contribution in [1.82, 2.24) is 4.90 Å². The van der Waals surface area contributed by atoms with Crippen LogP contribution < -0.4 is 5.32 Å². The zero-order valence-electron chi connectivity index (χ0n) is 16.3. The first-order valence-corrected chi connectivity index (χ1v) is 10.8. The number of rotatable bonds is 4. The van der Waals surface area contributed by atoms with Crippen LogP contribution in [0.2, 0.25) is 0 Å². The summed E-state index contributed by atoms with van der Waals surface area (Å²) < 4.78 is 29.0. The van der Waals surface area contributed by atoms with Gasteiger partial charge < -0.3 is 15.0 Å². The zero-order chi connectivity index (χ0) is 20.2. The van der Waals surface area contributed by atoms with Crippen LogP contribution in [0.5, 0.6) is 0 Å². The fourth-order valence-electron chi connectivity index (χ4n) is 2.81. The molecule has 1 aromatic carbocycles. The second-order valence-corrected chi connectivity index (χ2v) is 9.94. The number of hydrogen-bond acceptors (Lipinski definition) is 5. The van der Waals surface area contributed by atoms with Gasteiger partial charge in [0, 0.05) is 24.7 Å². The van der Waals surface area contributed by atoms with Crippen LogP contribution in [0.3, 0.4) is 0 Å². The Morgan fingerprint density at radius 1 is 1.15 bits per heavy atom. The van der Waals surface area contributed by atoms with Gasteiger partial charge in [-0.2, -0.15) is 0 Å². The van der Waals surface area contributed by atoms with E-state index in [2.05, 4.69) is 5.32 Å². The van der Waals surface area contributed by atoms with E-state index < -0.39 is 15.4 Å². The first-order valence-electron chi connectivity index (χ1n) is 9.13. The molecule has 0 unspecified atom stereocenters. The number of ether oxygens (including phenoxy) is 1. The molecule has 0 spiro atoms. The van der Waals surface area contributed by atoms with Gasteiger partial charge in [0.05, 0.1) is 10.6 Å². The smallest absolute Gasteiger partial charge is 0.410 e. The number of carbonyl (C=O) groups is 2. The molecule has 27 heavy (non-hydrogen) atoms. The minimum Gasteiger partial charge on any atom is -0.444 e. The highest BCUT2D eigenvalue weighted by molar-refractivity contribution is 7.91. The molecule has 1 heterocycles. The number of sulfone groups is 1. The molecule has 1 fully saturated rings. The van der Waals surface area contributed by atoms with Gasteiger partial charge in [-0.3, -0.25) is 4.79 Å². The van der Waals surface area contributed by atoms with E-state index in [4.69, 9.17) is 4.74 Å². The van der Waals surface area contributed by atoms with Gasteiger partial charge in [0.15, 0.2) is 9.84 Å². The van der Waals surface area contributed by atoms with Gasteiger partial charge in [0.1, 0.15) is 5.60 Å². The minimum absolute atomic E-state index is 0.0366. The molecule has 150 valence electrons. The summed E-state index contributed by atoms with van der Waals surface area (Å²) in [4.78, 5) is 26.4. The normalized spacial score (nSPS) is 16.1. The Balaban J connectivity index is 1.88. The maximum Gasteiger partial charge on any atom is 0.410 e. The molecule has 1 aromatic rings. The summed E-state index contributed by atoms with van der Waals surface area (Å²) in [5.41, 5.74) is 0.0209. The van der Waals surface area contributed by atoms with Crippen molar-refractivity contribution in [2.24, 2.45) is 5.92 Å². The van der Waals surface area contributed by atoms with Crippen LogP contribution in [0, 0.1) is 5.92 Å². The van der Waals surface area contributed by atoms with E-state index in [0.717, 1.165) is 0 Å². The third-order valence-corrected chi connectivity index (χ3v) is 6.13. The molecule has 7 nitrogen and oxygen atoms in total. The van der Waals surface area contributed by atoms with Gasteiger partial charge in [-0.15, -0.1) is 0 Å². The standard InChI is InChI=1S/C19H28N2O5S/c1-5-27(24,25)16-8-6-15(7-9-16)20-17(22)14-10-12-21(13-11-14)18(23)26-19(2,3)4/h6-9,14H,5,10-13H2,1-4H3,(H,20,22). The topological polar surface area (TPSA) is 92.8 Å². The summed E-state index contributed by atoms with van der Waals surface area (Å²) in [5.74, 6) is -0.276. The van der Waals surface area contributed by atoms with E-state index in [1.54, 1.807) is 24.0 Å². The first kappa shape index (κ1) is 21.2. The molecule has 2 amide bonds. The molecule has 1 aliphatic heterocycles. The van der Waals surface area contributed by atoms with Crippen molar-refractivity contribution in [1.29, 1.82) is 0 Å². The van der Waals surface area contributed by atoms with E-state index in [-0.39, 0.29) is 28.6 Å². The van der Waals surface area contributed by atoms with E-state index in [9.17, 15) is 18.0 Å². The second kappa shape index (κ2) is 8.29. The van der Waals surface area contributed by atoms with E-state index >= 15 is 0 Å². The SMILES string of the molecule is CCS(=O)(=O)c1ccc(NC(=O)C2CCN(C(=O)OC(C)(C)C)CC2)cc1. The lowest BCUT2D eigenvalue weighted by atomic mass is 9.96. The number of nitrogens with one attached hydrogen (secondary N) is 1. The zero-order valence-corrected chi connectivity index (χ0v) is 17.1. The number of hydrogen-bond donors (Lipinski definition) is 1. The van der Waals surface area contributed by atoms with Crippen molar-refractivity contribution < 1.29 is 22.7 Å². The average molecular weight is 397 g/mol. The highest BCUT2D eigenvalue weighted by Gasteiger charge is 2.30. The Hall–Kier alpha value is -2.09. The van der Waals surface area contributed by atoms with Gasteiger partial charge in [-0.1, -0.05) is 6.92 Å². The quantitative estimate of drug-likeness (QED) is 0.844. The van der Waals surface area contributed by atoms with Gasteiger partial charge in [0.25, 0.3) is 0 Å². The molecule has 1 saturated heterocycles. The van der Waals surface area contributed by atoms with Crippen LogP contribution >= 0.6 is 0 Å². The molecular weight excluding hydrogens is 368 g/mol. The monoisotopic (exact) mass is 396 g/mol. The molecule has 0 aliphatic carbocycles. The van der Waals surface area contributed by atoms with Gasteiger partial charge in [-0.25, -0.2) is 13.2 Å². The molecule has 0 saturated carbocycles. The first-order chi connectivity index (χ1) is 12.5. The molecule has 2 rings (SSSR count). The summed E-state index contributed by atoms with van der Waals surface area (Å²) in [5, 5.41) is 2.82. The molecule has 0 aromatic heterocycles. The van der Waals surface area contributed by atoms with Gasteiger partial charge >= 0.3 is 6.09 Å². The summed E-state index contributed by atoms with van der Waals surface area (Å²) in [7, 11) is -3.25. The molecular formula is C19H28N2O5S. The lowest BCUT2D eigenvalue weighted by Gasteiger charge is -2.32. The van der Waals surface area contributed by atoms with Crippen molar-refractivity contribution in [3.8, 4) is 0 Å². The number of anilines is 1. The van der Waals surface area contributed by atoms with Crippen LogP contribution in [-0.2, 0) is 19.4 Å². The molecule has 0 bridgehead atoms. The maximum absolute atomic E-state index is 12.4. The Morgan fingerprint density at radius 2 is 1.70 bits per heavy atom. The van der Waals surface area contributed by atoms with Crippen molar-refractivity contribution in [2.45, 2.75) is 51.0 Å². The molecule has 1 N–H and O–H groups in total. The van der Waals surface area contributed by atoms with E-state index in [1.807, 2.05) is 20.8 Å². The van der Waals surface area contributed by atoms with E-state index in [1.165, 1.54) is 12.1 Å². The number of benzene rings is 1. The predicted octanol–water partition coefficient (Wildman–Crippen LogP) is 3.07. The van der Waals surface area contributed by atoms with E-state index in [0.29, 0.717) is 31.6 Å². The highest BCUT2D eigenvalue weighted by Crippen LogP contribution is 2.22. The van der Waals surface area contributed by atoms with Crippen LogP contribution in [-0.4, -0.2) is 49.8 Å². The Labute approximate surface area is 161 Å². The molecule has 0 atom stereocenters. The number of piperidine rings is 1. The number of nitrogens with zero attached hydrogens (tertiary/aromatic N) is 1. The predicted molar refractivity (Wildman–Crippen MR) is 103 cm³/mol. The van der Waals surface area contributed by atoms with Crippen LogP contribution in [0.1, 0.15) is 40.5 Å². The summed E-state index contributed by atoms with van der Waals surface area (Å²) in [6.07, 6.45) is 0.773. The number of carbonyl (C=O) groups excluding carboxylic acids is 2. The summed E-state index contributed by atoms with van der Waals surface area (Å²) in [6, 6.07) is 6.19. The van der Waals surface area contributed by atoms with Crippen LogP contribution in [0.15, 0.2) is 29.2 Å². The van der Waals surface area contributed by atoms with Gasteiger partial charge in [-0.05, 0) is 57.9 Å². The summed E-state index contributed by atoms with van der Waals surface area (Å²) >= 11 is 0. The van der Waals surface area contributed by atoms with Crippen molar-refractivity contribution in [2.75, 3.05) is 24.2 Å². The van der Waals surface area contributed by atoms with Crippen molar-refractivity contribution in [3.05, 3.63) is 24.3 Å². The Bertz CT molecular complexity index is 773. The average Bonchev–Trinajstić information content (AvgIpc) is 2.61. The fraction of sp³-hybridized carbons (Fsp3) is 0.579. The lowest BCUT2D eigenvalue weighted by Crippen LogP contribution is -2.43. The summed E-state index contributed by atoms with van der Waals surface area (Å²) in [6.45, 7) is 8.00. The Kier molecular flexibility index (Phi) is 6.51. The number of likely N-dealkylation sites (tertiary alicyclic amines) is 1. The third kappa shape index (κ3) is 5.95. The highest BCUT2D eigenvalue weighted by atomic mass is 32.2. The Morgan fingerprint density at radius 3 is 2.19 bits per heavy atom. The second-order valence-electron chi connectivity index (χ2n) is 7.66. The van der Waals surface area contributed by atoms with Crippen molar-refractivity contribution in [3.63, 3.8) is 0 Å². The van der Waals surface area contributed by atoms with Crippen molar-refractivity contribution >= 4 is 27.5 Å².